The fraction of sp³-hybridized carbons (Fsp3) is 0.417. The van der Waals surface area contributed by atoms with Crippen molar-refractivity contribution in [2.45, 2.75) is 51.2 Å². The van der Waals surface area contributed by atoms with Gasteiger partial charge in [-0.3, -0.25) is 4.79 Å². The third kappa shape index (κ3) is 7.26. The maximum Gasteiger partial charge on any atom is 0.319 e. The Bertz CT molecular complexity index is 850. The van der Waals surface area contributed by atoms with Crippen LogP contribution < -0.4 is 16.0 Å². The predicted octanol–water partition coefficient (Wildman–Crippen LogP) is 4.06. The Kier molecular flexibility index (Phi) is 8.32. The molecule has 0 aromatic heterocycles. The van der Waals surface area contributed by atoms with E-state index in [0.717, 1.165) is 31.5 Å². The first-order valence-electron chi connectivity index (χ1n) is 10.8. The van der Waals surface area contributed by atoms with Crippen LogP contribution >= 0.6 is 11.6 Å². The van der Waals surface area contributed by atoms with Crippen LogP contribution in [0.2, 0.25) is 5.02 Å². The maximum atomic E-state index is 13.1. The second-order valence-electron chi connectivity index (χ2n) is 8.26. The van der Waals surface area contributed by atoms with Crippen LogP contribution in [0.15, 0.2) is 54.6 Å². The molecule has 1 saturated heterocycles. The summed E-state index contributed by atoms with van der Waals surface area (Å²) in [6, 6.07) is 16.1. The summed E-state index contributed by atoms with van der Waals surface area (Å²) in [6.07, 6.45) is 2.25. The second-order valence-corrected chi connectivity index (χ2v) is 8.70. The number of likely N-dealkylation sites (tertiary alicyclic amines) is 1. The number of rotatable bonds is 7. The van der Waals surface area contributed by atoms with Crippen LogP contribution in [0.3, 0.4) is 0 Å². The number of amides is 3. The van der Waals surface area contributed by atoms with E-state index in [0.29, 0.717) is 23.2 Å². The number of anilines is 1. The molecule has 1 atom stereocenters. The topological polar surface area (TPSA) is 73.5 Å². The number of piperidine rings is 1. The Labute approximate surface area is 189 Å². The highest BCUT2D eigenvalue weighted by Gasteiger charge is 2.26. The minimum atomic E-state index is -0.669. The van der Waals surface area contributed by atoms with Gasteiger partial charge in [0.1, 0.15) is 6.04 Å². The highest BCUT2D eigenvalue weighted by atomic mass is 35.5. The van der Waals surface area contributed by atoms with Crippen molar-refractivity contribution in [2.75, 3.05) is 18.4 Å². The van der Waals surface area contributed by atoms with Gasteiger partial charge in [0.25, 0.3) is 0 Å². The summed E-state index contributed by atoms with van der Waals surface area (Å²) in [7, 11) is 0. The molecule has 1 aliphatic rings. The number of halogens is 1. The third-order valence-electron chi connectivity index (χ3n) is 5.61. The lowest BCUT2D eigenvalue weighted by Crippen LogP contribution is -2.54. The molecule has 1 fully saturated rings. The van der Waals surface area contributed by atoms with Gasteiger partial charge in [-0.05, 0) is 56.5 Å². The smallest absolute Gasteiger partial charge is 0.319 e. The molecule has 7 heteroatoms. The Balaban J connectivity index is 1.62. The van der Waals surface area contributed by atoms with Gasteiger partial charge in [-0.15, -0.1) is 0 Å². The van der Waals surface area contributed by atoms with Gasteiger partial charge in [-0.1, -0.05) is 41.9 Å². The Morgan fingerprint density at radius 3 is 2.29 bits per heavy atom. The average molecular weight is 443 g/mol. The van der Waals surface area contributed by atoms with E-state index in [9.17, 15) is 9.59 Å². The van der Waals surface area contributed by atoms with E-state index in [-0.39, 0.29) is 11.9 Å². The number of carbonyl (C=O) groups excluding carboxylic acids is 2. The van der Waals surface area contributed by atoms with E-state index in [1.54, 1.807) is 24.3 Å². The monoisotopic (exact) mass is 442 g/mol. The zero-order valence-electron chi connectivity index (χ0n) is 18.1. The van der Waals surface area contributed by atoms with Gasteiger partial charge < -0.3 is 20.9 Å². The van der Waals surface area contributed by atoms with Crippen molar-refractivity contribution in [3.8, 4) is 0 Å². The minimum absolute atomic E-state index is 0.127. The molecule has 3 amide bonds. The summed E-state index contributed by atoms with van der Waals surface area (Å²) < 4.78 is 0. The van der Waals surface area contributed by atoms with Crippen molar-refractivity contribution >= 4 is 29.2 Å². The van der Waals surface area contributed by atoms with Crippen LogP contribution in [0.1, 0.15) is 32.3 Å². The standard InChI is InChI=1S/C24H31ClN4O2/c1-17(2)29-14-12-21(13-15-29)26-23(30)22(16-18-6-4-3-5-7-18)28-24(31)27-20-10-8-19(25)9-11-20/h3-11,17,21-22H,12-16H2,1-2H3,(H,26,30)(H2,27,28,31)/t22-/m1/s1. The zero-order valence-corrected chi connectivity index (χ0v) is 18.9. The van der Waals surface area contributed by atoms with E-state index < -0.39 is 12.1 Å². The minimum Gasteiger partial charge on any atom is -0.351 e. The number of hydrogen-bond acceptors (Lipinski definition) is 3. The number of benzene rings is 2. The van der Waals surface area contributed by atoms with Crippen molar-refractivity contribution in [1.82, 2.24) is 15.5 Å². The first-order chi connectivity index (χ1) is 14.9. The van der Waals surface area contributed by atoms with Crippen molar-refractivity contribution < 1.29 is 9.59 Å². The molecule has 3 N–H and O–H groups in total. The molecule has 2 aromatic rings. The van der Waals surface area contributed by atoms with Crippen LogP contribution in [0.5, 0.6) is 0 Å². The quantitative estimate of drug-likeness (QED) is 0.605. The van der Waals surface area contributed by atoms with Crippen molar-refractivity contribution in [3.05, 3.63) is 65.2 Å². The van der Waals surface area contributed by atoms with Crippen molar-refractivity contribution in [1.29, 1.82) is 0 Å². The summed E-state index contributed by atoms with van der Waals surface area (Å²) in [4.78, 5) is 28.1. The Hall–Kier alpha value is -2.57. The maximum absolute atomic E-state index is 13.1. The first kappa shape index (κ1) is 23.1. The summed E-state index contributed by atoms with van der Waals surface area (Å²) in [5.74, 6) is -0.155. The van der Waals surface area contributed by atoms with Crippen LogP contribution in [0, 0.1) is 0 Å². The number of nitrogens with one attached hydrogen (secondary N) is 3. The number of hydrogen-bond donors (Lipinski definition) is 3. The molecule has 2 aromatic carbocycles. The zero-order chi connectivity index (χ0) is 22.2. The molecule has 0 radical (unpaired) electrons. The van der Waals surface area contributed by atoms with Gasteiger partial charge in [-0.2, -0.15) is 0 Å². The summed E-state index contributed by atoms with van der Waals surface area (Å²) in [6.45, 7) is 6.32. The summed E-state index contributed by atoms with van der Waals surface area (Å²) >= 11 is 5.90. The fourth-order valence-corrected chi connectivity index (χ4v) is 3.91. The molecular weight excluding hydrogens is 412 g/mol. The van der Waals surface area contributed by atoms with Gasteiger partial charge in [0.2, 0.25) is 5.91 Å². The van der Waals surface area contributed by atoms with Gasteiger partial charge in [0.05, 0.1) is 0 Å². The van der Waals surface area contributed by atoms with Gasteiger partial charge >= 0.3 is 6.03 Å². The van der Waals surface area contributed by atoms with E-state index in [1.165, 1.54) is 0 Å². The normalized spacial score (nSPS) is 16.0. The summed E-state index contributed by atoms with van der Waals surface area (Å²) in [5.41, 5.74) is 1.60. The average Bonchev–Trinajstić information content (AvgIpc) is 2.76. The lowest BCUT2D eigenvalue weighted by atomic mass is 10.0. The highest BCUT2D eigenvalue weighted by Crippen LogP contribution is 2.15. The summed E-state index contributed by atoms with van der Waals surface area (Å²) in [5, 5.41) is 9.35. The molecule has 0 saturated carbocycles. The Morgan fingerprint density at radius 1 is 1.03 bits per heavy atom. The lowest BCUT2D eigenvalue weighted by Gasteiger charge is -2.35. The molecule has 1 heterocycles. The van der Waals surface area contributed by atoms with E-state index >= 15 is 0 Å². The van der Waals surface area contributed by atoms with E-state index in [1.807, 2.05) is 30.3 Å². The molecule has 31 heavy (non-hydrogen) atoms. The highest BCUT2D eigenvalue weighted by molar-refractivity contribution is 6.30. The molecule has 0 unspecified atom stereocenters. The van der Waals surface area contributed by atoms with Crippen LogP contribution in [0.25, 0.3) is 0 Å². The van der Waals surface area contributed by atoms with Crippen LogP contribution in [-0.2, 0) is 11.2 Å². The molecule has 166 valence electrons. The van der Waals surface area contributed by atoms with Crippen molar-refractivity contribution in [3.63, 3.8) is 0 Å². The fourth-order valence-electron chi connectivity index (χ4n) is 3.78. The van der Waals surface area contributed by atoms with E-state index in [4.69, 9.17) is 11.6 Å². The Morgan fingerprint density at radius 2 is 1.68 bits per heavy atom. The number of urea groups is 1. The molecule has 0 bridgehead atoms. The van der Waals surface area contributed by atoms with Gasteiger partial charge in [0.15, 0.2) is 0 Å². The lowest BCUT2D eigenvalue weighted by molar-refractivity contribution is -0.123. The number of nitrogens with zero attached hydrogens (tertiary/aromatic N) is 1. The second kappa shape index (κ2) is 11.2. The molecular formula is C24H31ClN4O2. The SMILES string of the molecule is CC(C)N1CCC(NC(=O)[C@@H](Cc2ccccc2)NC(=O)Nc2ccc(Cl)cc2)CC1. The first-order valence-corrected chi connectivity index (χ1v) is 11.2. The molecule has 3 rings (SSSR count). The van der Waals surface area contributed by atoms with Crippen molar-refractivity contribution in [2.24, 2.45) is 0 Å². The molecule has 1 aliphatic heterocycles. The van der Waals surface area contributed by atoms with Gasteiger partial charge in [-0.25, -0.2) is 4.79 Å². The molecule has 6 nitrogen and oxygen atoms in total. The van der Waals surface area contributed by atoms with E-state index in [2.05, 4.69) is 34.7 Å². The predicted molar refractivity (Wildman–Crippen MR) is 125 cm³/mol. The molecule has 0 aliphatic carbocycles. The molecule has 0 spiro atoms. The van der Waals surface area contributed by atoms with Crippen LogP contribution in [0.4, 0.5) is 10.5 Å². The van der Waals surface area contributed by atoms with Gasteiger partial charge in [0, 0.05) is 42.3 Å². The largest absolute Gasteiger partial charge is 0.351 e. The van der Waals surface area contributed by atoms with Crippen LogP contribution in [-0.4, -0.2) is 48.1 Å². The number of carbonyl (C=O) groups is 2. The third-order valence-corrected chi connectivity index (χ3v) is 5.86.